The highest BCUT2D eigenvalue weighted by atomic mass is 19.3. The van der Waals surface area contributed by atoms with Gasteiger partial charge in [0.2, 0.25) is 0 Å². The van der Waals surface area contributed by atoms with Gasteiger partial charge < -0.3 is 15.6 Å². The Balaban J connectivity index is 1.82. The Morgan fingerprint density at radius 1 is 1.54 bits per heavy atom. The molecule has 1 aliphatic carbocycles. The summed E-state index contributed by atoms with van der Waals surface area (Å²) in [7, 11) is 0. The normalized spacial score (nSPS) is 36.5. The van der Waals surface area contributed by atoms with Crippen LogP contribution >= 0.6 is 0 Å². The number of hydrogen-bond donors (Lipinski definition) is 2. The summed E-state index contributed by atoms with van der Waals surface area (Å²) in [6, 6.07) is -0.584. The molecule has 3 N–H and O–H groups in total. The molecule has 1 aliphatic heterocycles. The zero-order valence-corrected chi connectivity index (χ0v) is 7.17. The summed E-state index contributed by atoms with van der Waals surface area (Å²) < 4.78 is 29.8. The third-order valence-corrected chi connectivity index (χ3v) is 2.89. The number of nitrogens with two attached hydrogens (primary N) is 1. The van der Waals surface area contributed by atoms with Crippen molar-refractivity contribution in [1.82, 2.24) is 0 Å². The molecule has 2 rings (SSSR count). The second-order valence-electron chi connectivity index (χ2n) is 4.10. The minimum absolute atomic E-state index is 0.0857. The Morgan fingerprint density at radius 2 is 2.08 bits per heavy atom. The number of halogens is 2. The molecular formula is C8H13F2NO2. The SMILES string of the molecule is NC(CC1CC1(F)F)C1(O)COC1. The van der Waals surface area contributed by atoms with Crippen LogP contribution in [0, 0.1) is 5.92 Å². The molecule has 2 unspecified atom stereocenters. The zero-order chi connectivity index (χ0) is 9.69. The number of rotatable bonds is 3. The van der Waals surface area contributed by atoms with Crippen LogP contribution < -0.4 is 5.73 Å². The monoisotopic (exact) mass is 193 g/mol. The van der Waals surface area contributed by atoms with Crippen LogP contribution in [-0.2, 0) is 4.74 Å². The quantitative estimate of drug-likeness (QED) is 0.669. The average Bonchev–Trinajstić information content (AvgIpc) is 2.53. The first-order chi connectivity index (χ1) is 5.94. The van der Waals surface area contributed by atoms with E-state index in [1.54, 1.807) is 0 Å². The van der Waals surface area contributed by atoms with Gasteiger partial charge in [0.1, 0.15) is 5.60 Å². The van der Waals surface area contributed by atoms with Gasteiger partial charge in [0.15, 0.2) is 0 Å². The van der Waals surface area contributed by atoms with Crippen LogP contribution in [0.2, 0.25) is 0 Å². The molecule has 3 nitrogen and oxygen atoms in total. The van der Waals surface area contributed by atoms with Gasteiger partial charge in [0.05, 0.1) is 13.2 Å². The average molecular weight is 193 g/mol. The van der Waals surface area contributed by atoms with E-state index in [1.807, 2.05) is 0 Å². The lowest BCUT2D eigenvalue weighted by molar-refractivity contribution is -0.191. The summed E-state index contributed by atoms with van der Waals surface area (Å²) in [6.07, 6.45) is 0.102. The highest BCUT2D eigenvalue weighted by Crippen LogP contribution is 2.51. The van der Waals surface area contributed by atoms with Crippen LogP contribution in [0.25, 0.3) is 0 Å². The van der Waals surface area contributed by atoms with Crippen LogP contribution in [-0.4, -0.2) is 35.9 Å². The molecular weight excluding hydrogens is 180 g/mol. The smallest absolute Gasteiger partial charge is 0.251 e. The van der Waals surface area contributed by atoms with Crippen LogP contribution in [0.5, 0.6) is 0 Å². The topological polar surface area (TPSA) is 55.5 Å². The predicted octanol–water partition coefficient (Wildman–Crippen LogP) is 0.120. The fourth-order valence-corrected chi connectivity index (χ4v) is 1.58. The molecule has 0 aromatic rings. The van der Waals surface area contributed by atoms with E-state index < -0.39 is 23.5 Å². The Kier molecular flexibility index (Phi) is 1.87. The minimum Gasteiger partial charge on any atom is -0.383 e. The molecule has 13 heavy (non-hydrogen) atoms. The maximum Gasteiger partial charge on any atom is 0.251 e. The summed E-state index contributed by atoms with van der Waals surface area (Å²) in [5, 5.41) is 9.63. The summed E-state index contributed by atoms with van der Waals surface area (Å²) in [4.78, 5) is 0. The van der Waals surface area contributed by atoms with Gasteiger partial charge in [0, 0.05) is 18.4 Å². The first-order valence-corrected chi connectivity index (χ1v) is 4.38. The molecule has 2 aliphatic rings. The third kappa shape index (κ3) is 1.56. The van der Waals surface area contributed by atoms with E-state index in [4.69, 9.17) is 10.5 Å². The Morgan fingerprint density at radius 3 is 2.38 bits per heavy atom. The second kappa shape index (κ2) is 2.62. The van der Waals surface area contributed by atoms with Crippen LogP contribution in [0.1, 0.15) is 12.8 Å². The summed E-state index contributed by atoms with van der Waals surface area (Å²) >= 11 is 0. The van der Waals surface area contributed by atoms with E-state index in [2.05, 4.69) is 0 Å². The van der Waals surface area contributed by atoms with Gasteiger partial charge in [-0.05, 0) is 6.42 Å². The Labute approximate surface area is 74.9 Å². The summed E-state index contributed by atoms with van der Waals surface area (Å²) in [6.45, 7) is 0.346. The zero-order valence-electron chi connectivity index (χ0n) is 7.17. The van der Waals surface area contributed by atoms with Crippen molar-refractivity contribution in [2.75, 3.05) is 13.2 Å². The second-order valence-corrected chi connectivity index (χ2v) is 4.10. The van der Waals surface area contributed by atoms with Crippen molar-refractivity contribution in [2.45, 2.75) is 30.4 Å². The lowest BCUT2D eigenvalue weighted by atomic mass is 9.89. The van der Waals surface area contributed by atoms with Crippen molar-refractivity contribution >= 4 is 0 Å². The van der Waals surface area contributed by atoms with Gasteiger partial charge in [-0.3, -0.25) is 0 Å². The standard InChI is InChI=1S/C8H13F2NO2/c9-8(10)2-5(8)1-6(11)7(12)3-13-4-7/h5-6,12H,1-4,11H2. The maximum atomic E-state index is 12.5. The molecule has 0 aromatic heterocycles. The number of ether oxygens (including phenoxy) is 1. The third-order valence-electron chi connectivity index (χ3n) is 2.89. The molecule has 76 valence electrons. The van der Waals surface area contributed by atoms with E-state index in [-0.39, 0.29) is 26.1 Å². The molecule has 0 aromatic carbocycles. The van der Waals surface area contributed by atoms with E-state index in [9.17, 15) is 13.9 Å². The van der Waals surface area contributed by atoms with Crippen LogP contribution in [0.3, 0.4) is 0 Å². The molecule has 0 amide bonds. The molecule has 2 atom stereocenters. The number of alkyl halides is 2. The highest BCUT2D eigenvalue weighted by molar-refractivity contribution is 5.02. The molecule has 0 bridgehead atoms. The molecule has 5 heteroatoms. The molecule has 1 saturated heterocycles. The van der Waals surface area contributed by atoms with E-state index in [0.29, 0.717) is 0 Å². The highest BCUT2D eigenvalue weighted by Gasteiger charge is 2.58. The fourth-order valence-electron chi connectivity index (χ4n) is 1.58. The minimum atomic E-state index is -2.54. The van der Waals surface area contributed by atoms with Crippen LogP contribution in [0.4, 0.5) is 8.78 Å². The van der Waals surface area contributed by atoms with Gasteiger partial charge >= 0.3 is 0 Å². The van der Waals surface area contributed by atoms with Gasteiger partial charge in [-0.1, -0.05) is 0 Å². The maximum absolute atomic E-state index is 12.5. The molecule has 0 spiro atoms. The number of hydrogen-bond acceptors (Lipinski definition) is 3. The molecule has 2 fully saturated rings. The van der Waals surface area contributed by atoms with E-state index >= 15 is 0 Å². The molecule has 0 radical (unpaired) electrons. The van der Waals surface area contributed by atoms with Gasteiger partial charge in [-0.2, -0.15) is 0 Å². The summed E-state index contributed by atoms with van der Waals surface area (Å²) in [5.74, 6) is -3.18. The first kappa shape index (κ1) is 9.30. The fraction of sp³-hybridized carbons (Fsp3) is 1.00. The van der Waals surface area contributed by atoms with Gasteiger partial charge in [0.25, 0.3) is 5.92 Å². The predicted molar refractivity (Wildman–Crippen MR) is 41.4 cm³/mol. The molecule has 1 saturated carbocycles. The van der Waals surface area contributed by atoms with Crippen LogP contribution in [0.15, 0.2) is 0 Å². The lowest BCUT2D eigenvalue weighted by Crippen LogP contribution is -2.61. The number of aliphatic hydroxyl groups is 1. The van der Waals surface area contributed by atoms with E-state index in [0.717, 1.165) is 0 Å². The van der Waals surface area contributed by atoms with E-state index in [1.165, 1.54) is 0 Å². The molecule has 1 heterocycles. The first-order valence-electron chi connectivity index (χ1n) is 4.38. The lowest BCUT2D eigenvalue weighted by Gasteiger charge is -2.41. The van der Waals surface area contributed by atoms with Crippen molar-refractivity contribution in [3.8, 4) is 0 Å². The van der Waals surface area contributed by atoms with Crippen molar-refractivity contribution < 1.29 is 18.6 Å². The largest absolute Gasteiger partial charge is 0.383 e. The van der Waals surface area contributed by atoms with Crippen molar-refractivity contribution in [2.24, 2.45) is 11.7 Å². The van der Waals surface area contributed by atoms with Gasteiger partial charge in [-0.15, -0.1) is 0 Å². The van der Waals surface area contributed by atoms with Crippen molar-refractivity contribution in [3.63, 3.8) is 0 Å². The van der Waals surface area contributed by atoms with Crippen molar-refractivity contribution in [3.05, 3.63) is 0 Å². The van der Waals surface area contributed by atoms with Crippen molar-refractivity contribution in [1.29, 1.82) is 0 Å². The summed E-state index contributed by atoms with van der Waals surface area (Å²) in [5.41, 5.74) is 4.56. The Bertz CT molecular complexity index is 218. The Hall–Kier alpha value is -0.260. The van der Waals surface area contributed by atoms with Gasteiger partial charge in [-0.25, -0.2) is 8.78 Å².